The van der Waals surface area contributed by atoms with Gasteiger partial charge in [0.15, 0.2) is 0 Å². The van der Waals surface area contributed by atoms with Gasteiger partial charge in [0, 0.05) is 33.1 Å². The zero-order chi connectivity index (χ0) is 38.1. The lowest BCUT2D eigenvalue weighted by molar-refractivity contribution is 0.660. The Labute approximate surface area is 332 Å². The summed E-state index contributed by atoms with van der Waals surface area (Å²) < 4.78 is 6.73. The summed E-state index contributed by atoms with van der Waals surface area (Å²) in [6, 6.07) is 72.7. The number of nitrogens with zero attached hydrogens (tertiary/aromatic N) is 1. The predicted molar refractivity (Wildman–Crippen MR) is 240 cm³/mol. The van der Waals surface area contributed by atoms with Crippen molar-refractivity contribution in [2.75, 3.05) is 4.90 Å². The molecule has 0 unspecified atom stereocenters. The SMILES string of the molecule is CC1(C)c2ccccc2-c2ccc(N(c3ccc(-c4ccccc4)cc3)c3cc4c(cc3-c3ccc(-c5ccccc5)cc3)oc3cc5ccccc5cc34)cc21. The maximum Gasteiger partial charge on any atom is 0.136 e. The van der Waals surface area contributed by atoms with E-state index in [0.29, 0.717) is 0 Å². The van der Waals surface area contributed by atoms with Gasteiger partial charge in [-0.3, -0.25) is 0 Å². The topological polar surface area (TPSA) is 16.4 Å². The van der Waals surface area contributed by atoms with Crippen LogP contribution in [0.4, 0.5) is 17.1 Å². The van der Waals surface area contributed by atoms with E-state index in [9.17, 15) is 0 Å². The standard InChI is InChI=1S/C55H39NO/c1-55(2)50-20-12-11-19-45(50)46-30-29-44(33-51(46)55)56(43-27-25-39(26-28-43)37-15-7-4-8-16-37)52-34-49-48-31-41-17-9-10-18-42(41)32-53(48)57-54(49)35-47(52)40-23-21-38(22-24-40)36-13-5-3-6-14-36/h3-35H,1-2H3. The van der Waals surface area contributed by atoms with E-state index in [0.717, 1.165) is 50.1 Å². The lowest BCUT2D eigenvalue weighted by atomic mass is 9.82. The molecule has 57 heavy (non-hydrogen) atoms. The first kappa shape index (κ1) is 33.2. The van der Waals surface area contributed by atoms with Gasteiger partial charge in [0.1, 0.15) is 11.2 Å². The minimum absolute atomic E-state index is 0.146. The summed E-state index contributed by atoms with van der Waals surface area (Å²) in [6.45, 7) is 4.71. The smallest absolute Gasteiger partial charge is 0.136 e. The van der Waals surface area contributed by atoms with Crippen LogP contribution < -0.4 is 4.90 Å². The highest BCUT2D eigenvalue weighted by Gasteiger charge is 2.36. The van der Waals surface area contributed by atoms with Crippen molar-refractivity contribution in [3.63, 3.8) is 0 Å². The molecule has 0 radical (unpaired) electrons. The van der Waals surface area contributed by atoms with E-state index >= 15 is 0 Å². The third-order valence-electron chi connectivity index (χ3n) is 12.1. The average molecular weight is 730 g/mol. The van der Waals surface area contributed by atoms with Gasteiger partial charge >= 0.3 is 0 Å². The number of anilines is 3. The van der Waals surface area contributed by atoms with Crippen LogP contribution in [0.25, 0.3) is 77.2 Å². The minimum atomic E-state index is -0.146. The first-order valence-corrected chi connectivity index (χ1v) is 19.7. The summed E-state index contributed by atoms with van der Waals surface area (Å²) in [6.07, 6.45) is 0. The van der Waals surface area contributed by atoms with Crippen LogP contribution in [-0.2, 0) is 5.41 Å². The molecule has 270 valence electrons. The summed E-state index contributed by atoms with van der Waals surface area (Å²) in [7, 11) is 0. The second kappa shape index (κ2) is 13.0. The lowest BCUT2D eigenvalue weighted by Crippen LogP contribution is -2.17. The molecule has 0 N–H and O–H groups in total. The Morgan fingerprint density at radius 2 is 0.877 bits per heavy atom. The van der Waals surface area contributed by atoms with Gasteiger partial charge in [0.25, 0.3) is 0 Å². The van der Waals surface area contributed by atoms with Gasteiger partial charge in [-0.15, -0.1) is 0 Å². The summed E-state index contributed by atoms with van der Waals surface area (Å²) in [4.78, 5) is 2.45. The van der Waals surface area contributed by atoms with Gasteiger partial charge in [-0.25, -0.2) is 0 Å². The monoisotopic (exact) mass is 729 g/mol. The van der Waals surface area contributed by atoms with E-state index in [1.54, 1.807) is 0 Å². The Morgan fingerprint density at radius 1 is 0.368 bits per heavy atom. The number of fused-ring (bicyclic) bond motifs is 7. The van der Waals surface area contributed by atoms with E-state index < -0.39 is 0 Å². The second-order valence-electron chi connectivity index (χ2n) is 15.8. The van der Waals surface area contributed by atoms with Gasteiger partial charge in [-0.2, -0.15) is 0 Å². The zero-order valence-corrected chi connectivity index (χ0v) is 31.9. The van der Waals surface area contributed by atoms with Crippen molar-refractivity contribution in [1.29, 1.82) is 0 Å². The third-order valence-corrected chi connectivity index (χ3v) is 12.1. The van der Waals surface area contributed by atoms with Crippen molar-refractivity contribution in [3.05, 3.63) is 211 Å². The largest absolute Gasteiger partial charge is 0.456 e. The normalized spacial score (nSPS) is 12.9. The summed E-state index contributed by atoms with van der Waals surface area (Å²) in [5, 5.41) is 4.57. The van der Waals surface area contributed by atoms with E-state index in [2.05, 4.69) is 219 Å². The lowest BCUT2D eigenvalue weighted by Gasteiger charge is -2.30. The number of furan rings is 1. The fourth-order valence-electron chi connectivity index (χ4n) is 9.08. The maximum absolute atomic E-state index is 6.73. The summed E-state index contributed by atoms with van der Waals surface area (Å²) in [5.74, 6) is 0. The molecule has 0 spiro atoms. The van der Waals surface area contributed by atoms with Crippen LogP contribution in [-0.4, -0.2) is 0 Å². The van der Waals surface area contributed by atoms with Crippen LogP contribution in [0.5, 0.6) is 0 Å². The average Bonchev–Trinajstić information content (AvgIpc) is 3.73. The molecular formula is C55H39NO. The molecule has 0 saturated heterocycles. The Kier molecular flexibility index (Phi) is 7.55. The van der Waals surface area contributed by atoms with Crippen LogP contribution in [0.2, 0.25) is 0 Å². The predicted octanol–water partition coefficient (Wildman–Crippen LogP) is 15.5. The molecule has 0 amide bonds. The number of rotatable bonds is 6. The van der Waals surface area contributed by atoms with Gasteiger partial charge in [0.05, 0.1) is 5.69 Å². The van der Waals surface area contributed by atoms with Gasteiger partial charge in [-0.1, -0.05) is 166 Å². The number of benzene rings is 9. The van der Waals surface area contributed by atoms with E-state index in [-0.39, 0.29) is 5.41 Å². The maximum atomic E-state index is 6.73. The summed E-state index contributed by atoms with van der Waals surface area (Å²) >= 11 is 0. The van der Waals surface area contributed by atoms with E-state index in [1.807, 2.05) is 0 Å². The molecule has 1 heterocycles. The molecule has 0 bridgehead atoms. The van der Waals surface area contributed by atoms with Gasteiger partial charge < -0.3 is 9.32 Å². The molecule has 2 heteroatoms. The van der Waals surface area contributed by atoms with Gasteiger partial charge in [-0.05, 0) is 109 Å². The second-order valence-corrected chi connectivity index (χ2v) is 15.8. The molecule has 1 aromatic heterocycles. The van der Waals surface area contributed by atoms with Crippen molar-refractivity contribution in [3.8, 4) is 44.5 Å². The Hall–Kier alpha value is -7.16. The van der Waals surface area contributed by atoms with Gasteiger partial charge in [0.2, 0.25) is 0 Å². The molecule has 0 fully saturated rings. The first-order chi connectivity index (χ1) is 28.0. The highest BCUT2D eigenvalue weighted by atomic mass is 16.3. The van der Waals surface area contributed by atoms with Crippen LogP contribution in [0.3, 0.4) is 0 Å². The fraction of sp³-hybridized carbons (Fsp3) is 0.0545. The van der Waals surface area contributed by atoms with Crippen molar-refractivity contribution in [1.82, 2.24) is 0 Å². The van der Waals surface area contributed by atoms with Crippen LogP contribution in [0.15, 0.2) is 205 Å². The van der Waals surface area contributed by atoms with E-state index in [1.165, 1.54) is 55.3 Å². The molecule has 2 nitrogen and oxygen atoms in total. The molecule has 1 aliphatic carbocycles. The molecule has 11 rings (SSSR count). The minimum Gasteiger partial charge on any atom is -0.456 e. The molecule has 9 aromatic carbocycles. The number of hydrogen-bond donors (Lipinski definition) is 0. The molecule has 0 saturated carbocycles. The molecule has 10 aromatic rings. The van der Waals surface area contributed by atoms with Crippen molar-refractivity contribution in [2.24, 2.45) is 0 Å². The van der Waals surface area contributed by atoms with Crippen molar-refractivity contribution >= 4 is 49.8 Å². The fourth-order valence-corrected chi connectivity index (χ4v) is 9.08. The number of hydrogen-bond acceptors (Lipinski definition) is 2. The Morgan fingerprint density at radius 3 is 1.58 bits per heavy atom. The quantitative estimate of drug-likeness (QED) is 0.169. The highest BCUT2D eigenvalue weighted by molar-refractivity contribution is 6.13. The highest BCUT2D eigenvalue weighted by Crippen LogP contribution is 2.52. The van der Waals surface area contributed by atoms with Crippen molar-refractivity contribution < 1.29 is 4.42 Å². The van der Waals surface area contributed by atoms with Crippen LogP contribution in [0, 0.1) is 0 Å². The molecular weight excluding hydrogens is 691 g/mol. The molecule has 1 aliphatic rings. The van der Waals surface area contributed by atoms with Crippen molar-refractivity contribution in [2.45, 2.75) is 19.3 Å². The van der Waals surface area contributed by atoms with Crippen LogP contribution in [0.1, 0.15) is 25.0 Å². The Bertz CT molecular complexity index is 3120. The molecule has 0 aliphatic heterocycles. The first-order valence-electron chi connectivity index (χ1n) is 19.7. The Balaban J connectivity index is 1.17. The van der Waals surface area contributed by atoms with E-state index in [4.69, 9.17) is 4.42 Å². The van der Waals surface area contributed by atoms with Crippen LogP contribution >= 0.6 is 0 Å². The molecule has 0 atom stereocenters. The summed E-state index contributed by atoms with van der Waals surface area (Å²) in [5.41, 5.74) is 17.2. The zero-order valence-electron chi connectivity index (χ0n) is 31.9. The third kappa shape index (κ3) is 5.48.